The average molecular weight is 602 g/mol. The molecule has 0 saturated carbocycles. The second-order valence-corrected chi connectivity index (χ2v) is 11.0. The molecule has 2 aromatic carbocycles. The molecule has 10 heteroatoms. The summed E-state index contributed by atoms with van der Waals surface area (Å²) in [5.74, 6) is -0.0407. The zero-order chi connectivity index (χ0) is 25.3. The number of nitrogens with one attached hydrogen (secondary N) is 1. The minimum Gasteiger partial charge on any atom is -0.497 e. The second-order valence-electron chi connectivity index (χ2n) is 7.83. The maximum atomic E-state index is 13.6. The minimum atomic E-state index is -3.74. The molecule has 0 saturated heterocycles. The maximum absolute atomic E-state index is 13.6. The summed E-state index contributed by atoms with van der Waals surface area (Å²) in [6.45, 7) is 4.03. The number of halogens is 1. The molecule has 0 aliphatic rings. The summed E-state index contributed by atoms with van der Waals surface area (Å²) in [7, 11) is -2.17. The van der Waals surface area contributed by atoms with E-state index in [0.29, 0.717) is 24.4 Å². The van der Waals surface area contributed by atoms with Crippen LogP contribution in [0.1, 0.15) is 32.3 Å². The minimum absolute atomic E-state index is 0.158. The summed E-state index contributed by atoms with van der Waals surface area (Å²) in [6, 6.07) is 13.4. The molecular formula is C24H32IN3O5S. The predicted octanol–water partition coefficient (Wildman–Crippen LogP) is 3.40. The molecule has 2 amide bonds. The van der Waals surface area contributed by atoms with Crippen LogP contribution in [0, 0.1) is 3.57 Å². The van der Waals surface area contributed by atoms with E-state index in [9.17, 15) is 18.0 Å². The normalized spacial score (nSPS) is 12.0. The van der Waals surface area contributed by atoms with Crippen molar-refractivity contribution < 1.29 is 22.7 Å². The van der Waals surface area contributed by atoms with E-state index in [0.717, 1.165) is 26.1 Å². The van der Waals surface area contributed by atoms with Crippen molar-refractivity contribution in [2.24, 2.45) is 0 Å². The van der Waals surface area contributed by atoms with Crippen molar-refractivity contribution >= 4 is 50.1 Å². The number of carbonyl (C=O) groups excluding carboxylic acids is 2. The van der Waals surface area contributed by atoms with Crippen molar-refractivity contribution in [3.63, 3.8) is 0 Å². The Bertz CT molecular complexity index is 1060. The van der Waals surface area contributed by atoms with E-state index in [4.69, 9.17) is 4.74 Å². The third-order valence-corrected chi connectivity index (χ3v) is 7.10. The fourth-order valence-corrected chi connectivity index (χ4v) is 4.64. The third-order valence-electron chi connectivity index (χ3n) is 5.24. The topological polar surface area (TPSA) is 96.0 Å². The molecule has 1 unspecified atom stereocenters. The van der Waals surface area contributed by atoms with Gasteiger partial charge in [0.1, 0.15) is 18.3 Å². The van der Waals surface area contributed by atoms with Crippen LogP contribution >= 0.6 is 22.6 Å². The molecule has 0 bridgehead atoms. The van der Waals surface area contributed by atoms with Gasteiger partial charge in [-0.05, 0) is 77.4 Å². The Kier molecular flexibility index (Phi) is 10.6. The van der Waals surface area contributed by atoms with Crippen LogP contribution in [-0.2, 0) is 26.2 Å². The summed E-state index contributed by atoms with van der Waals surface area (Å²) in [6.07, 6.45) is 2.22. The molecule has 0 aliphatic heterocycles. The molecule has 1 N–H and O–H groups in total. The van der Waals surface area contributed by atoms with E-state index in [-0.39, 0.29) is 12.5 Å². The van der Waals surface area contributed by atoms with Gasteiger partial charge >= 0.3 is 0 Å². The van der Waals surface area contributed by atoms with Crippen molar-refractivity contribution in [3.05, 3.63) is 57.7 Å². The van der Waals surface area contributed by atoms with Crippen LogP contribution in [0.25, 0.3) is 0 Å². The number of ether oxygens (including phenoxy) is 1. The van der Waals surface area contributed by atoms with Crippen LogP contribution in [0.15, 0.2) is 48.5 Å². The zero-order valence-electron chi connectivity index (χ0n) is 20.0. The Hall–Kier alpha value is -2.34. The van der Waals surface area contributed by atoms with Crippen molar-refractivity contribution in [2.75, 3.05) is 30.8 Å². The van der Waals surface area contributed by atoms with E-state index >= 15 is 0 Å². The summed E-state index contributed by atoms with van der Waals surface area (Å²) in [5, 5.41) is 2.86. The first-order valence-corrected chi connectivity index (χ1v) is 14.0. The molecule has 0 spiro atoms. The van der Waals surface area contributed by atoms with Crippen LogP contribution in [0.4, 0.5) is 5.69 Å². The van der Waals surface area contributed by atoms with E-state index < -0.39 is 28.5 Å². The first kappa shape index (κ1) is 27.9. The maximum Gasteiger partial charge on any atom is 0.244 e. The molecule has 1 atom stereocenters. The number of methoxy groups -OCH3 is 1. The van der Waals surface area contributed by atoms with Crippen molar-refractivity contribution in [2.45, 2.75) is 39.3 Å². The van der Waals surface area contributed by atoms with E-state index in [1.807, 2.05) is 26.0 Å². The van der Waals surface area contributed by atoms with Crippen molar-refractivity contribution in [3.8, 4) is 5.75 Å². The van der Waals surface area contributed by atoms with Crippen LogP contribution in [0.3, 0.4) is 0 Å². The molecular weight excluding hydrogens is 569 g/mol. The van der Waals surface area contributed by atoms with Crippen LogP contribution in [-0.4, -0.2) is 57.6 Å². The standard InChI is InChI=1S/C24H32IN3O5S/c1-5-15-26-24(30)22(6-2)27(16-18-7-13-21(33-3)14-8-18)23(29)17-28(34(4,31)32)20-11-9-19(25)10-12-20/h7-14,22H,5-6,15-17H2,1-4H3,(H,26,30). The SMILES string of the molecule is CCCNC(=O)C(CC)N(Cc1ccc(OC)cc1)C(=O)CN(c1ccc(I)cc1)S(C)(=O)=O. The fraction of sp³-hybridized carbons (Fsp3) is 0.417. The molecule has 2 rings (SSSR count). The van der Waals surface area contributed by atoms with Gasteiger partial charge in [0.15, 0.2) is 0 Å². The van der Waals surface area contributed by atoms with E-state index in [1.165, 1.54) is 4.90 Å². The predicted molar refractivity (Wildman–Crippen MR) is 142 cm³/mol. The summed E-state index contributed by atoms with van der Waals surface area (Å²) in [5.41, 5.74) is 1.19. The Morgan fingerprint density at radius 3 is 2.18 bits per heavy atom. The molecule has 8 nitrogen and oxygen atoms in total. The molecule has 186 valence electrons. The number of carbonyl (C=O) groups is 2. The monoisotopic (exact) mass is 601 g/mol. The number of anilines is 1. The highest BCUT2D eigenvalue weighted by Gasteiger charge is 2.31. The Morgan fingerprint density at radius 1 is 1.06 bits per heavy atom. The van der Waals surface area contributed by atoms with Crippen LogP contribution in [0.2, 0.25) is 0 Å². The van der Waals surface area contributed by atoms with Gasteiger partial charge in [-0.2, -0.15) is 0 Å². The fourth-order valence-electron chi connectivity index (χ4n) is 3.43. The van der Waals surface area contributed by atoms with Gasteiger partial charge < -0.3 is 15.0 Å². The lowest BCUT2D eigenvalue weighted by atomic mass is 10.1. The smallest absolute Gasteiger partial charge is 0.244 e. The Balaban J connectivity index is 2.40. The van der Waals surface area contributed by atoms with Gasteiger partial charge in [0.25, 0.3) is 0 Å². The highest BCUT2D eigenvalue weighted by atomic mass is 127. The van der Waals surface area contributed by atoms with E-state index in [1.54, 1.807) is 43.5 Å². The van der Waals surface area contributed by atoms with Crippen LogP contribution < -0.4 is 14.4 Å². The molecule has 0 fully saturated rings. The summed E-state index contributed by atoms with van der Waals surface area (Å²) in [4.78, 5) is 27.9. The molecule has 2 aromatic rings. The summed E-state index contributed by atoms with van der Waals surface area (Å²) >= 11 is 2.13. The molecule has 0 radical (unpaired) electrons. The lowest BCUT2D eigenvalue weighted by molar-refractivity contribution is -0.140. The van der Waals surface area contributed by atoms with Gasteiger partial charge in [0.2, 0.25) is 21.8 Å². The quantitative estimate of drug-likeness (QED) is 0.377. The van der Waals surface area contributed by atoms with Gasteiger partial charge in [0.05, 0.1) is 19.1 Å². The van der Waals surface area contributed by atoms with Crippen molar-refractivity contribution in [1.82, 2.24) is 10.2 Å². The van der Waals surface area contributed by atoms with Crippen molar-refractivity contribution in [1.29, 1.82) is 0 Å². The first-order chi connectivity index (χ1) is 16.1. The van der Waals surface area contributed by atoms with E-state index in [2.05, 4.69) is 27.9 Å². The third kappa shape index (κ3) is 7.86. The number of benzene rings is 2. The second kappa shape index (κ2) is 12.9. The number of hydrogen-bond acceptors (Lipinski definition) is 5. The number of amides is 2. The first-order valence-electron chi connectivity index (χ1n) is 11.0. The highest BCUT2D eigenvalue weighted by molar-refractivity contribution is 14.1. The average Bonchev–Trinajstić information content (AvgIpc) is 2.81. The summed E-state index contributed by atoms with van der Waals surface area (Å²) < 4.78 is 32.4. The molecule has 0 heterocycles. The van der Waals surface area contributed by atoms with Gasteiger partial charge in [-0.15, -0.1) is 0 Å². The Labute approximate surface area is 215 Å². The van der Waals surface area contributed by atoms with Gasteiger partial charge in [-0.25, -0.2) is 8.42 Å². The number of sulfonamides is 1. The van der Waals surface area contributed by atoms with Gasteiger partial charge in [-0.1, -0.05) is 26.0 Å². The number of rotatable bonds is 12. The molecule has 34 heavy (non-hydrogen) atoms. The largest absolute Gasteiger partial charge is 0.497 e. The van der Waals surface area contributed by atoms with Gasteiger partial charge in [-0.3, -0.25) is 13.9 Å². The molecule has 0 aliphatic carbocycles. The molecule has 0 aromatic heterocycles. The Morgan fingerprint density at radius 2 is 1.68 bits per heavy atom. The number of nitrogens with zero attached hydrogens (tertiary/aromatic N) is 2. The number of hydrogen-bond donors (Lipinski definition) is 1. The highest BCUT2D eigenvalue weighted by Crippen LogP contribution is 2.21. The lowest BCUT2D eigenvalue weighted by Gasteiger charge is -2.33. The van der Waals surface area contributed by atoms with Gasteiger partial charge in [0, 0.05) is 16.7 Å². The lowest BCUT2D eigenvalue weighted by Crippen LogP contribution is -2.52. The zero-order valence-corrected chi connectivity index (χ0v) is 22.9. The van der Waals surface area contributed by atoms with Crippen LogP contribution in [0.5, 0.6) is 5.75 Å².